The first-order valence-corrected chi connectivity index (χ1v) is 9.30. The lowest BCUT2D eigenvalue weighted by Crippen LogP contribution is -2.21. The van der Waals surface area contributed by atoms with Gasteiger partial charge in [0.05, 0.1) is 22.7 Å². The molecule has 1 aromatic heterocycles. The number of nitrogens with one attached hydrogen (secondary N) is 1. The Bertz CT molecular complexity index is 763. The van der Waals surface area contributed by atoms with Crippen LogP contribution in [0, 0.1) is 13.8 Å². The molecule has 0 radical (unpaired) electrons. The van der Waals surface area contributed by atoms with Crippen molar-refractivity contribution in [1.29, 1.82) is 0 Å². The summed E-state index contributed by atoms with van der Waals surface area (Å²) in [4.78, 5) is 8.42. The molecule has 0 bridgehead atoms. The average molecular weight is 361 g/mol. The number of thiazole rings is 1. The molecule has 0 unspecified atom stereocenters. The molecule has 2 aromatic rings. The van der Waals surface area contributed by atoms with Crippen molar-refractivity contribution in [2.75, 3.05) is 11.6 Å². The second kappa shape index (κ2) is 8.70. The third-order valence-corrected chi connectivity index (χ3v) is 5.19. The Morgan fingerprint density at radius 1 is 1.42 bits per heavy atom. The van der Waals surface area contributed by atoms with E-state index in [1.54, 1.807) is 17.8 Å². The molecule has 4 N–H and O–H groups in total. The molecule has 24 heavy (non-hydrogen) atoms. The van der Waals surface area contributed by atoms with Gasteiger partial charge >= 0.3 is 0 Å². The minimum absolute atomic E-state index is 0.0604. The number of aliphatic hydroxyl groups excluding tert-OH is 1. The fourth-order valence-corrected chi connectivity index (χ4v) is 3.75. The van der Waals surface area contributed by atoms with Gasteiger partial charge in [0.1, 0.15) is 5.01 Å². The minimum atomic E-state index is -0.0604. The Labute approximate surface area is 150 Å². The number of nitrogens with two attached hydrogens (primary N) is 1. The zero-order valence-electron chi connectivity index (χ0n) is 13.8. The highest BCUT2D eigenvalue weighted by Gasteiger charge is 2.06. The topological polar surface area (TPSA) is 83.5 Å². The molecule has 2 rings (SSSR count). The number of anilines is 1. The van der Waals surface area contributed by atoms with Crippen LogP contribution in [0.3, 0.4) is 0 Å². The molecule has 7 heteroatoms. The predicted molar refractivity (Wildman–Crippen MR) is 104 cm³/mol. The number of aryl methyl sites for hydroxylation is 2. The van der Waals surface area contributed by atoms with Gasteiger partial charge in [0, 0.05) is 11.8 Å². The molecule has 0 atom stereocenters. The number of benzene rings is 1. The van der Waals surface area contributed by atoms with Crippen LogP contribution in [0.5, 0.6) is 0 Å². The minimum Gasteiger partial charge on any atom is -0.390 e. The highest BCUT2D eigenvalue weighted by molar-refractivity contribution is 8.00. The zero-order chi connectivity index (χ0) is 17.5. The first-order chi connectivity index (χ1) is 11.5. The van der Waals surface area contributed by atoms with Gasteiger partial charge in [-0.05, 0) is 43.4 Å². The second-order valence-corrected chi connectivity index (χ2v) is 7.21. The van der Waals surface area contributed by atoms with Gasteiger partial charge in [-0.25, -0.2) is 9.98 Å². The van der Waals surface area contributed by atoms with E-state index in [2.05, 4.69) is 27.1 Å². The normalized spacial score (nSPS) is 11.1. The summed E-state index contributed by atoms with van der Waals surface area (Å²) in [5.74, 6) is 0.292. The van der Waals surface area contributed by atoms with Gasteiger partial charge in [0.2, 0.25) is 0 Å². The highest BCUT2D eigenvalue weighted by atomic mass is 32.2. The first-order valence-electron chi connectivity index (χ1n) is 7.26. The average Bonchev–Trinajstić information content (AvgIpc) is 2.93. The van der Waals surface area contributed by atoms with Gasteiger partial charge in [0.25, 0.3) is 0 Å². The Balaban J connectivity index is 2.05. The second-order valence-electron chi connectivity index (χ2n) is 5.10. The van der Waals surface area contributed by atoms with E-state index < -0.39 is 0 Å². The lowest BCUT2D eigenvalue weighted by molar-refractivity contribution is 0.275. The molecule has 1 heterocycles. The molecule has 0 amide bonds. The van der Waals surface area contributed by atoms with E-state index in [-0.39, 0.29) is 6.61 Å². The number of nitrogens with zero attached hydrogens (tertiary/aromatic N) is 2. The number of hydrogen-bond acceptors (Lipinski definition) is 5. The summed E-state index contributed by atoms with van der Waals surface area (Å²) in [6, 6.07) is 6.11. The summed E-state index contributed by atoms with van der Waals surface area (Å²) in [6.07, 6.45) is 5.17. The van der Waals surface area contributed by atoms with Gasteiger partial charge in [-0.2, -0.15) is 0 Å². The first kappa shape index (κ1) is 18.3. The number of aromatic nitrogens is 1. The maximum absolute atomic E-state index is 9.23. The molecule has 0 aliphatic rings. The molecule has 126 valence electrons. The van der Waals surface area contributed by atoms with Gasteiger partial charge in [-0.15, -0.1) is 23.1 Å². The van der Waals surface area contributed by atoms with Crippen LogP contribution in [0.4, 0.5) is 5.69 Å². The molecule has 0 fully saturated rings. The smallest absolute Gasteiger partial charge is 0.198 e. The van der Waals surface area contributed by atoms with Gasteiger partial charge in [-0.3, -0.25) is 0 Å². The van der Waals surface area contributed by atoms with Crippen molar-refractivity contribution in [2.24, 2.45) is 10.7 Å². The van der Waals surface area contributed by atoms with E-state index >= 15 is 0 Å². The molecular weight excluding hydrogens is 340 g/mol. The molecule has 0 saturated heterocycles. The van der Waals surface area contributed by atoms with E-state index in [0.717, 1.165) is 26.0 Å². The van der Waals surface area contributed by atoms with Crippen molar-refractivity contribution < 1.29 is 5.11 Å². The molecular formula is C17H20N4OS2. The van der Waals surface area contributed by atoms with Crippen molar-refractivity contribution in [1.82, 2.24) is 4.98 Å². The Morgan fingerprint density at radius 2 is 2.12 bits per heavy atom. The monoisotopic (exact) mass is 360 g/mol. The Kier molecular flexibility index (Phi) is 6.63. The van der Waals surface area contributed by atoms with E-state index in [4.69, 9.17) is 5.73 Å². The summed E-state index contributed by atoms with van der Waals surface area (Å²) in [6.45, 7) is 4.01. The summed E-state index contributed by atoms with van der Waals surface area (Å²) in [7, 11) is 0. The van der Waals surface area contributed by atoms with E-state index in [9.17, 15) is 5.11 Å². The van der Waals surface area contributed by atoms with Crippen molar-refractivity contribution >= 4 is 40.8 Å². The standard InChI is InChI=1S/C17H20N4OS2/c1-11-7-12(2)9-13(8-11)20-17(18)19-6-4-5-15-21-14(10-22)16(23-3)24-15/h5-9,22H,10H2,1-3H3,(H3,18,19,20). The SMILES string of the molecule is CSc1sc(C=C=CN=C(N)Nc2cc(C)cc(C)c2)nc1CO. The molecule has 0 spiro atoms. The lowest BCUT2D eigenvalue weighted by Gasteiger charge is -2.06. The van der Waals surface area contributed by atoms with Crippen LogP contribution in [0.25, 0.3) is 6.08 Å². The molecule has 0 aliphatic carbocycles. The number of hydrogen-bond donors (Lipinski definition) is 3. The predicted octanol–water partition coefficient (Wildman–Crippen LogP) is 3.53. The largest absolute Gasteiger partial charge is 0.390 e. The third kappa shape index (κ3) is 5.25. The maximum Gasteiger partial charge on any atom is 0.198 e. The Morgan fingerprint density at radius 3 is 2.71 bits per heavy atom. The number of aliphatic imine (C=N–C) groups is 1. The van der Waals surface area contributed by atoms with Crippen molar-refractivity contribution in [3.8, 4) is 0 Å². The van der Waals surface area contributed by atoms with Gasteiger partial charge < -0.3 is 16.2 Å². The fraction of sp³-hybridized carbons (Fsp3) is 0.235. The van der Waals surface area contributed by atoms with Crippen molar-refractivity contribution in [3.05, 3.63) is 52.0 Å². The Hall–Kier alpha value is -2.05. The zero-order valence-corrected chi connectivity index (χ0v) is 15.5. The van der Waals surface area contributed by atoms with Crippen molar-refractivity contribution in [2.45, 2.75) is 24.7 Å². The number of aliphatic hydroxyl groups is 1. The van der Waals surface area contributed by atoms with Gasteiger partial charge in [-0.1, -0.05) is 11.8 Å². The molecule has 0 saturated carbocycles. The van der Waals surface area contributed by atoms with Crippen LogP contribution in [0.15, 0.2) is 39.3 Å². The summed E-state index contributed by atoms with van der Waals surface area (Å²) >= 11 is 3.08. The van der Waals surface area contributed by atoms with Gasteiger partial charge in [0.15, 0.2) is 5.96 Å². The molecule has 5 nitrogen and oxygen atoms in total. The molecule has 0 aliphatic heterocycles. The third-order valence-electron chi connectivity index (χ3n) is 2.99. The van der Waals surface area contributed by atoms with Crippen LogP contribution in [0.2, 0.25) is 0 Å². The lowest BCUT2D eigenvalue weighted by atomic mass is 10.1. The van der Waals surface area contributed by atoms with Crippen LogP contribution in [0.1, 0.15) is 21.8 Å². The summed E-state index contributed by atoms with van der Waals surface area (Å²) in [5.41, 5.74) is 12.7. The van der Waals surface area contributed by atoms with Crippen LogP contribution >= 0.6 is 23.1 Å². The van der Waals surface area contributed by atoms with Crippen LogP contribution in [-0.4, -0.2) is 22.3 Å². The van der Waals surface area contributed by atoms with E-state index in [0.29, 0.717) is 11.7 Å². The quantitative estimate of drug-likeness (QED) is 0.329. The number of rotatable bonds is 5. The van der Waals surface area contributed by atoms with Crippen LogP contribution in [-0.2, 0) is 6.61 Å². The maximum atomic E-state index is 9.23. The highest BCUT2D eigenvalue weighted by Crippen LogP contribution is 2.28. The van der Waals surface area contributed by atoms with Crippen LogP contribution < -0.4 is 11.1 Å². The number of guanidine groups is 1. The van der Waals surface area contributed by atoms with E-state index in [1.165, 1.54) is 17.5 Å². The summed E-state index contributed by atoms with van der Waals surface area (Å²) in [5, 5.41) is 13.0. The molecule has 1 aromatic carbocycles. The fourth-order valence-electron chi connectivity index (χ4n) is 2.12. The number of thioether (sulfide) groups is 1. The van der Waals surface area contributed by atoms with E-state index in [1.807, 2.05) is 32.2 Å². The van der Waals surface area contributed by atoms with Crippen molar-refractivity contribution in [3.63, 3.8) is 0 Å². The summed E-state index contributed by atoms with van der Waals surface area (Å²) < 4.78 is 1.00.